The van der Waals surface area contributed by atoms with E-state index < -0.39 is 0 Å². The molecule has 0 aliphatic rings. The molecule has 0 radical (unpaired) electrons. The minimum Gasteiger partial charge on any atom is -0.364 e. The SMILES string of the molecule is C(/C=C/c1ccon1)=C\c1ccccn1. The van der Waals surface area contributed by atoms with Crippen LogP contribution in [0.1, 0.15) is 11.4 Å². The van der Waals surface area contributed by atoms with Gasteiger partial charge in [-0.05, 0) is 24.3 Å². The van der Waals surface area contributed by atoms with Gasteiger partial charge in [-0.25, -0.2) is 0 Å². The lowest BCUT2D eigenvalue weighted by atomic mass is 10.3. The Morgan fingerprint density at radius 1 is 1.00 bits per heavy atom. The van der Waals surface area contributed by atoms with Crippen molar-refractivity contribution in [2.24, 2.45) is 0 Å². The van der Waals surface area contributed by atoms with E-state index in [9.17, 15) is 0 Å². The van der Waals surface area contributed by atoms with Crippen LogP contribution in [0.5, 0.6) is 0 Å². The van der Waals surface area contributed by atoms with Crippen molar-refractivity contribution in [3.8, 4) is 0 Å². The molecule has 0 N–H and O–H groups in total. The van der Waals surface area contributed by atoms with Gasteiger partial charge >= 0.3 is 0 Å². The van der Waals surface area contributed by atoms with E-state index >= 15 is 0 Å². The van der Waals surface area contributed by atoms with Gasteiger partial charge in [0.05, 0.1) is 5.69 Å². The topological polar surface area (TPSA) is 38.9 Å². The van der Waals surface area contributed by atoms with Gasteiger partial charge in [-0.2, -0.15) is 0 Å². The van der Waals surface area contributed by atoms with Crippen molar-refractivity contribution in [2.45, 2.75) is 0 Å². The van der Waals surface area contributed by atoms with E-state index in [0.717, 1.165) is 11.4 Å². The lowest BCUT2D eigenvalue weighted by Crippen LogP contribution is -1.75. The average Bonchev–Trinajstić information content (AvgIpc) is 2.79. The van der Waals surface area contributed by atoms with Crippen LogP contribution in [0.25, 0.3) is 12.2 Å². The van der Waals surface area contributed by atoms with Crippen molar-refractivity contribution in [1.82, 2.24) is 10.1 Å². The number of rotatable bonds is 3. The van der Waals surface area contributed by atoms with Gasteiger partial charge in [0, 0.05) is 12.3 Å². The van der Waals surface area contributed by atoms with Crippen LogP contribution in [0.15, 0.2) is 53.4 Å². The van der Waals surface area contributed by atoms with E-state index in [4.69, 9.17) is 4.52 Å². The molecular weight excluding hydrogens is 188 g/mol. The molecule has 2 heterocycles. The molecule has 0 bridgehead atoms. The molecule has 2 aromatic heterocycles. The standard InChI is InChI=1S/C12H10N2O/c1(2-7-12-8-10-15-14-12)5-11-6-3-4-9-13-11/h1-10H/b5-1+,7-2+. The van der Waals surface area contributed by atoms with Crippen molar-refractivity contribution in [3.63, 3.8) is 0 Å². The van der Waals surface area contributed by atoms with Gasteiger partial charge in [-0.3, -0.25) is 4.98 Å². The lowest BCUT2D eigenvalue weighted by Gasteiger charge is -1.87. The first-order valence-corrected chi connectivity index (χ1v) is 4.61. The predicted octanol–water partition coefficient (Wildman–Crippen LogP) is 2.80. The smallest absolute Gasteiger partial charge is 0.124 e. The largest absolute Gasteiger partial charge is 0.364 e. The molecule has 0 aliphatic carbocycles. The van der Waals surface area contributed by atoms with Crippen LogP contribution in [0, 0.1) is 0 Å². The predicted molar refractivity (Wildman–Crippen MR) is 58.8 cm³/mol. The maximum Gasteiger partial charge on any atom is 0.124 e. The zero-order valence-corrected chi connectivity index (χ0v) is 8.08. The summed E-state index contributed by atoms with van der Waals surface area (Å²) in [5, 5.41) is 3.75. The Bertz CT molecular complexity index is 444. The van der Waals surface area contributed by atoms with Crippen LogP contribution in [0.3, 0.4) is 0 Å². The second kappa shape index (κ2) is 4.91. The Morgan fingerprint density at radius 3 is 2.53 bits per heavy atom. The highest BCUT2D eigenvalue weighted by molar-refractivity contribution is 5.52. The average molecular weight is 198 g/mol. The van der Waals surface area contributed by atoms with Crippen molar-refractivity contribution in [3.05, 3.63) is 60.3 Å². The molecule has 0 unspecified atom stereocenters. The minimum absolute atomic E-state index is 0.806. The van der Waals surface area contributed by atoms with Gasteiger partial charge in [0.25, 0.3) is 0 Å². The number of nitrogens with zero attached hydrogens (tertiary/aromatic N) is 2. The molecule has 0 spiro atoms. The fourth-order valence-corrected chi connectivity index (χ4v) is 1.09. The number of allylic oxidation sites excluding steroid dienone is 2. The number of hydrogen-bond donors (Lipinski definition) is 0. The minimum atomic E-state index is 0.806. The molecule has 74 valence electrons. The number of pyridine rings is 1. The van der Waals surface area contributed by atoms with E-state index in [0.29, 0.717) is 0 Å². The first-order chi connectivity index (χ1) is 7.45. The first kappa shape index (κ1) is 9.40. The lowest BCUT2D eigenvalue weighted by molar-refractivity contribution is 0.418. The summed E-state index contributed by atoms with van der Waals surface area (Å²) in [6.07, 6.45) is 10.9. The Labute approximate surface area is 87.8 Å². The highest BCUT2D eigenvalue weighted by atomic mass is 16.5. The molecule has 0 fully saturated rings. The number of hydrogen-bond acceptors (Lipinski definition) is 3. The summed E-state index contributed by atoms with van der Waals surface area (Å²) in [6.45, 7) is 0. The molecule has 0 atom stereocenters. The Morgan fingerprint density at radius 2 is 1.87 bits per heavy atom. The molecule has 2 rings (SSSR count). The van der Waals surface area contributed by atoms with Crippen LogP contribution in [-0.4, -0.2) is 10.1 Å². The monoisotopic (exact) mass is 198 g/mol. The molecule has 3 heteroatoms. The Hall–Kier alpha value is -2.16. The van der Waals surface area contributed by atoms with Gasteiger partial charge in [-0.15, -0.1) is 0 Å². The molecule has 0 aliphatic heterocycles. The van der Waals surface area contributed by atoms with Crippen molar-refractivity contribution in [2.75, 3.05) is 0 Å². The van der Waals surface area contributed by atoms with Gasteiger partial charge < -0.3 is 4.52 Å². The van der Waals surface area contributed by atoms with Gasteiger partial charge in [-0.1, -0.05) is 23.4 Å². The zero-order valence-electron chi connectivity index (χ0n) is 8.08. The van der Waals surface area contributed by atoms with Crippen LogP contribution in [-0.2, 0) is 0 Å². The van der Waals surface area contributed by atoms with Crippen molar-refractivity contribution < 1.29 is 4.52 Å². The molecule has 15 heavy (non-hydrogen) atoms. The fraction of sp³-hybridized carbons (Fsp3) is 0. The summed E-state index contributed by atoms with van der Waals surface area (Å²) in [5.74, 6) is 0. The number of aromatic nitrogens is 2. The maximum absolute atomic E-state index is 4.69. The highest BCUT2D eigenvalue weighted by Crippen LogP contribution is 1.99. The molecule has 3 nitrogen and oxygen atoms in total. The molecule has 0 saturated carbocycles. The molecule has 0 amide bonds. The summed E-state index contributed by atoms with van der Waals surface area (Å²) in [5.41, 5.74) is 1.74. The van der Waals surface area contributed by atoms with E-state index in [1.54, 1.807) is 18.5 Å². The molecule has 0 saturated heterocycles. The van der Waals surface area contributed by atoms with Crippen LogP contribution in [0.2, 0.25) is 0 Å². The molecule has 2 aromatic rings. The summed E-state index contributed by atoms with van der Waals surface area (Å²) in [4.78, 5) is 4.16. The summed E-state index contributed by atoms with van der Waals surface area (Å²) in [7, 11) is 0. The van der Waals surface area contributed by atoms with Crippen LogP contribution in [0.4, 0.5) is 0 Å². The Balaban J connectivity index is 1.96. The quantitative estimate of drug-likeness (QED) is 0.712. The van der Waals surface area contributed by atoms with E-state index in [1.807, 2.05) is 42.5 Å². The molecule has 0 aromatic carbocycles. The summed E-state index contributed by atoms with van der Waals surface area (Å²) >= 11 is 0. The summed E-state index contributed by atoms with van der Waals surface area (Å²) < 4.78 is 4.69. The third-order valence-corrected chi connectivity index (χ3v) is 1.79. The molecular formula is C12H10N2O. The van der Waals surface area contributed by atoms with Crippen molar-refractivity contribution in [1.29, 1.82) is 0 Å². The Kier molecular flexibility index (Phi) is 3.07. The third-order valence-electron chi connectivity index (χ3n) is 1.79. The maximum atomic E-state index is 4.69. The van der Waals surface area contributed by atoms with Crippen LogP contribution < -0.4 is 0 Å². The van der Waals surface area contributed by atoms with E-state index in [2.05, 4.69) is 10.1 Å². The third kappa shape index (κ3) is 2.91. The van der Waals surface area contributed by atoms with Crippen molar-refractivity contribution >= 4 is 12.2 Å². The van der Waals surface area contributed by atoms with Gasteiger partial charge in [0.2, 0.25) is 0 Å². The van der Waals surface area contributed by atoms with Gasteiger partial charge in [0.15, 0.2) is 0 Å². The van der Waals surface area contributed by atoms with E-state index in [-0.39, 0.29) is 0 Å². The second-order valence-corrected chi connectivity index (χ2v) is 2.90. The fourth-order valence-electron chi connectivity index (χ4n) is 1.09. The first-order valence-electron chi connectivity index (χ1n) is 4.61. The van der Waals surface area contributed by atoms with E-state index in [1.165, 1.54) is 0 Å². The normalized spacial score (nSPS) is 11.5. The van der Waals surface area contributed by atoms with Crippen LogP contribution >= 0.6 is 0 Å². The highest BCUT2D eigenvalue weighted by Gasteiger charge is 1.86. The summed E-state index contributed by atoms with van der Waals surface area (Å²) in [6, 6.07) is 7.59. The zero-order chi connectivity index (χ0) is 10.3. The second-order valence-electron chi connectivity index (χ2n) is 2.90. The van der Waals surface area contributed by atoms with Gasteiger partial charge in [0.1, 0.15) is 12.0 Å².